The van der Waals surface area contributed by atoms with Crippen molar-refractivity contribution in [1.29, 1.82) is 0 Å². The molecule has 228 valence electrons. The summed E-state index contributed by atoms with van der Waals surface area (Å²) in [6.07, 6.45) is 2.85. The molecule has 0 saturated heterocycles. The Kier molecular flexibility index (Phi) is 11.5. The normalized spacial score (nSPS) is 18.2. The van der Waals surface area contributed by atoms with E-state index in [9.17, 15) is 4.79 Å². The fourth-order valence-electron chi connectivity index (χ4n) is 6.18. The standard InChI is InChI=1S/C32H47NO8/c1-21(2)29-24-19-27(38-7)31(40-9)30(39-8)23(24)12-14-32(29,41-28(34)20-35-4)15-17-33(3)16-13-22-10-11-25(36-5)26(18-22)37-6/h10-11,18-19,21,29H,12-17,20H2,1-9H3/t29-,32-/m1/s1. The SMILES string of the molecule is COCC(=O)O[C@@]1(CCN(C)CCc2ccc(OC)c(OC)c2)CCc2c(cc(OC)c(OC)c2OC)[C@H]1C(C)C. The molecule has 0 amide bonds. The Labute approximate surface area is 244 Å². The Bertz CT molecular complexity index is 1170. The molecule has 9 heteroatoms. The summed E-state index contributed by atoms with van der Waals surface area (Å²) in [6, 6.07) is 8.04. The number of fused-ring (bicyclic) bond motifs is 1. The lowest BCUT2D eigenvalue weighted by atomic mass is 9.65. The van der Waals surface area contributed by atoms with E-state index < -0.39 is 5.60 Å². The molecule has 0 bridgehead atoms. The maximum absolute atomic E-state index is 13.0. The number of methoxy groups -OCH3 is 6. The third kappa shape index (κ3) is 7.19. The summed E-state index contributed by atoms with van der Waals surface area (Å²) in [4.78, 5) is 15.2. The summed E-state index contributed by atoms with van der Waals surface area (Å²) in [5, 5.41) is 0. The number of hydrogen-bond donors (Lipinski definition) is 0. The van der Waals surface area contributed by atoms with E-state index in [-0.39, 0.29) is 24.4 Å². The number of hydrogen-bond acceptors (Lipinski definition) is 9. The molecule has 0 radical (unpaired) electrons. The van der Waals surface area contributed by atoms with Crippen molar-refractivity contribution < 1.29 is 38.0 Å². The smallest absolute Gasteiger partial charge is 0.332 e. The fourth-order valence-corrected chi connectivity index (χ4v) is 6.18. The molecule has 1 aliphatic rings. The first-order chi connectivity index (χ1) is 19.7. The van der Waals surface area contributed by atoms with Gasteiger partial charge in [0, 0.05) is 38.1 Å². The molecule has 2 aromatic rings. The van der Waals surface area contributed by atoms with E-state index in [0.717, 1.165) is 42.0 Å². The molecular weight excluding hydrogens is 526 g/mol. The number of nitrogens with zero attached hydrogens (tertiary/aromatic N) is 1. The van der Waals surface area contributed by atoms with Crippen molar-refractivity contribution >= 4 is 5.97 Å². The topological polar surface area (TPSA) is 84.9 Å². The van der Waals surface area contributed by atoms with Gasteiger partial charge < -0.3 is 38.1 Å². The van der Waals surface area contributed by atoms with Crippen LogP contribution in [0.5, 0.6) is 28.7 Å². The van der Waals surface area contributed by atoms with Gasteiger partial charge in [-0.1, -0.05) is 19.9 Å². The van der Waals surface area contributed by atoms with Crippen LogP contribution in [0.15, 0.2) is 24.3 Å². The highest BCUT2D eigenvalue weighted by atomic mass is 16.6. The number of ether oxygens (including phenoxy) is 7. The largest absolute Gasteiger partial charge is 0.493 e. The summed E-state index contributed by atoms with van der Waals surface area (Å²) < 4.78 is 39.6. The molecule has 0 fully saturated rings. The third-order valence-corrected chi connectivity index (χ3v) is 8.06. The second-order valence-corrected chi connectivity index (χ2v) is 10.9. The van der Waals surface area contributed by atoms with Crippen LogP contribution in [0, 0.1) is 5.92 Å². The molecule has 0 aliphatic heterocycles. The highest BCUT2D eigenvalue weighted by Crippen LogP contribution is 2.54. The van der Waals surface area contributed by atoms with Crippen molar-refractivity contribution in [3.8, 4) is 28.7 Å². The lowest BCUT2D eigenvalue weighted by Crippen LogP contribution is -2.49. The first kappa shape index (κ1) is 32.3. The zero-order valence-electron chi connectivity index (χ0n) is 26.1. The van der Waals surface area contributed by atoms with Crippen LogP contribution in [0.25, 0.3) is 0 Å². The molecule has 0 unspecified atom stereocenters. The van der Waals surface area contributed by atoms with E-state index in [1.807, 2.05) is 18.2 Å². The van der Waals surface area contributed by atoms with Gasteiger partial charge in [0.15, 0.2) is 23.0 Å². The number of rotatable bonds is 15. The van der Waals surface area contributed by atoms with Gasteiger partial charge in [0.25, 0.3) is 0 Å². The number of carbonyl (C=O) groups is 1. The summed E-state index contributed by atoms with van der Waals surface area (Å²) in [6.45, 7) is 5.82. The first-order valence-electron chi connectivity index (χ1n) is 14.1. The minimum Gasteiger partial charge on any atom is -0.493 e. The molecule has 0 heterocycles. The lowest BCUT2D eigenvalue weighted by molar-refractivity contribution is -0.172. The monoisotopic (exact) mass is 573 g/mol. The van der Waals surface area contributed by atoms with Crippen LogP contribution < -0.4 is 23.7 Å². The van der Waals surface area contributed by atoms with Crippen molar-refractivity contribution in [3.63, 3.8) is 0 Å². The Morgan fingerprint density at radius 2 is 1.59 bits per heavy atom. The van der Waals surface area contributed by atoms with Gasteiger partial charge in [0.1, 0.15) is 12.2 Å². The Morgan fingerprint density at radius 3 is 2.17 bits per heavy atom. The van der Waals surface area contributed by atoms with Crippen molar-refractivity contribution in [2.45, 2.75) is 51.0 Å². The molecule has 0 saturated carbocycles. The fraction of sp³-hybridized carbons (Fsp3) is 0.594. The van der Waals surface area contributed by atoms with E-state index in [0.29, 0.717) is 42.3 Å². The zero-order chi connectivity index (χ0) is 30.2. The molecule has 0 spiro atoms. The van der Waals surface area contributed by atoms with Gasteiger partial charge in [0.05, 0.1) is 35.5 Å². The molecule has 1 aliphatic carbocycles. The third-order valence-electron chi connectivity index (χ3n) is 8.06. The lowest BCUT2D eigenvalue weighted by Gasteiger charge is -2.47. The van der Waals surface area contributed by atoms with Crippen LogP contribution in [0.4, 0.5) is 0 Å². The Hall–Kier alpha value is -3.17. The zero-order valence-corrected chi connectivity index (χ0v) is 26.1. The van der Waals surface area contributed by atoms with Crippen LogP contribution in [0.2, 0.25) is 0 Å². The first-order valence-corrected chi connectivity index (χ1v) is 14.1. The van der Waals surface area contributed by atoms with Gasteiger partial charge in [-0.2, -0.15) is 0 Å². The van der Waals surface area contributed by atoms with E-state index in [1.54, 1.807) is 35.5 Å². The Morgan fingerprint density at radius 1 is 0.902 bits per heavy atom. The van der Waals surface area contributed by atoms with Gasteiger partial charge in [0.2, 0.25) is 5.75 Å². The predicted octanol–water partition coefficient (Wildman–Crippen LogP) is 4.91. The van der Waals surface area contributed by atoms with Gasteiger partial charge >= 0.3 is 5.97 Å². The summed E-state index contributed by atoms with van der Waals surface area (Å²) in [5.74, 6) is 3.02. The van der Waals surface area contributed by atoms with E-state index in [2.05, 4.69) is 31.9 Å². The summed E-state index contributed by atoms with van der Waals surface area (Å²) >= 11 is 0. The molecule has 9 nitrogen and oxygen atoms in total. The number of benzene rings is 2. The highest BCUT2D eigenvalue weighted by molar-refractivity contribution is 5.72. The second-order valence-electron chi connectivity index (χ2n) is 10.9. The van der Waals surface area contributed by atoms with Crippen molar-refractivity contribution in [3.05, 3.63) is 41.0 Å². The average Bonchev–Trinajstić information content (AvgIpc) is 2.97. The van der Waals surface area contributed by atoms with E-state index in [4.69, 9.17) is 33.2 Å². The van der Waals surface area contributed by atoms with Crippen molar-refractivity contribution in [2.24, 2.45) is 5.92 Å². The quantitative estimate of drug-likeness (QED) is 0.276. The van der Waals surface area contributed by atoms with Crippen molar-refractivity contribution in [1.82, 2.24) is 4.90 Å². The molecule has 2 aromatic carbocycles. The maximum atomic E-state index is 13.0. The van der Waals surface area contributed by atoms with Gasteiger partial charge in [-0.25, -0.2) is 4.79 Å². The summed E-state index contributed by atoms with van der Waals surface area (Å²) in [7, 11) is 11.8. The van der Waals surface area contributed by atoms with Gasteiger partial charge in [-0.3, -0.25) is 0 Å². The van der Waals surface area contributed by atoms with E-state index >= 15 is 0 Å². The maximum Gasteiger partial charge on any atom is 0.332 e. The van der Waals surface area contributed by atoms with Crippen LogP contribution in [-0.2, 0) is 27.1 Å². The minimum atomic E-state index is -0.723. The molecule has 0 N–H and O–H groups in total. The number of carbonyl (C=O) groups excluding carboxylic acids is 1. The van der Waals surface area contributed by atoms with Crippen LogP contribution in [0.1, 0.15) is 49.3 Å². The minimum absolute atomic E-state index is 0.0833. The van der Waals surface area contributed by atoms with Crippen LogP contribution in [-0.4, -0.2) is 85.9 Å². The van der Waals surface area contributed by atoms with Crippen molar-refractivity contribution in [2.75, 3.05) is 69.4 Å². The molecular formula is C32H47NO8. The second kappa shape index (κ2) is 14.6. The van der Waals surface area contributed by atoms with E-state index in [1.165, 1.54) is 7.11 Å². The summed E-state index contributed by atoms with van der Waals surface area (Å²) in [5.41, 5.74) is 2.58. The molecule has 3 rings (SSSR count). The average molecular weight is 574 g/mol. The van der Waals surface area contributed by atoms with Gasteiger partial charge in [-0.05, 0) is 61.6 Å². The molecule has 41 heavy (non-hydrogen) atoms. The Balaban J connectivity index is 1.91. The predicted molar refractivity (Wildman–Crippen MR) is 158 cm³/mol. The number of likely N-dealkylation sites (N-methyl/N-ethyl adjacent to an activating group) is 1. The molecule has 2 atom stereocenters. The number of esters is 1. The molecule has 0 aromatic heterocycles. The van der Waals surface area contributed by atoms with Crippen LogP contribution >= 0.6 is 0 Å². The van der Waals surface area contributed by atoms with Crippen LogP contribution in [0.3, 0.4) is 0 Å². The highest BCUT2D eigenvalue weighted by Gasteiger charge is 2.49. The van der Waals surface area contributed by atoms with Gasteiger partial charge in [-0.15, -0.1) is 0 Å².